The van der Waals surface area contributed by atoms with Crippen LogP contribution in [-0.4, -0.2) is 27.1 Å². The molecule has 8 heteroatoms. The summed E-state index contributed by atoms with van der Waals surface area (Å²) in [5.41, 5.74) is -0.750. The number of anilines is 1. The Morgan fingerprint density at radius 3 is 2.11 bits per heavy atom. The van der Waals surface area contributed by atoms with Gasteiger partial charge in [0.2, 0.25) is 5.75 Å². The molecule has 0 atom stereocenters. The number of rotatable bonds is 7. The van der Waals surface area contributed by atoms with E-state index in [4.69, 9.17) is 14.2 Å². The van der Waals surface area contributed by atoms with Gasteiger partial charge in [-0.25, -0.2) is 0 Å². The van der Waals surface area contributed by atoms with Crippen LogP contribution in [0.2, 0.25) is 0 Å². The van der Waals surface area contributed by atoms with E-state index >= 15 is 0 Å². The first-order valence-corrected chi connectivity index (χ1v) is 7.75. The standard InChI is InChI=1S/C19H18F3NO4/c1-25-16-10-12(11-17(26-2)18(16)27-3)15(24)8-9-23-14-7-5-4-6-13(14)19(20,21)22/h4-11,23H,1-3H3. The Hall–Kier alpha value is -3.16. The third kappa shape index (κ3) is 4.72. The molecule has 2 aromatic rings. The summed E-state index contributed by atoms with van der Waals surface area (Å²) >= 11 is 0. The van der Waals surface area contributed by atoms with Crippen molar-refractivity contribution in [3.8, 4) is 17.2 Å². The summed E-state index contributed by atoms with van der Waals surface area (Å²) in [6, 6.07) is 7.90. The summed E-state index contributed by atoms with van der Waals surface area (Å²) in [6.07, 6.45) is -2.23. The molecule has 5 nitrogen and oxygen atoms in total. The maximum Gasteiger partial charge on any atom is 0.418 e. The fourth-order valence-corrected chi connectivity index (χ4v) is 2.38. The number of hydrogen-bond donors (Lipinski definition) is 1. The molecular weight excluding hydrogens is 363 g/mol. The van der Waals surface area contributed by atoms with E-state index in [0.29, 0.717) is 17.2 Å². The quantitative estimate of drug-likeness (QED) is 0.564. The Labute approximate surface area is 154 Å². The molecule has 2 aromatic carbocycles. The molecule has 27 heavy (non-hydrogen) atoms. The Morgan fingerprint density at radius 1 is 1.00 bits per heavy atom. The number of allylic oxidation sites excluding steroid dienone is 1. The van der Waals surface area contributed by atoms with E-state index in [0.717, 1.165) is 18.3 Å². The molecule has 0 aliphatic carbocycles. The normalized spacial score (nSPS) is 11.3. The largest absolute Gasteiger partial charge is 0.493 e. The van der Waals surface area contributed by atoms with Gasteiger partial charge in [-0.05, 0) is 24.3 Å². The number of carbonyl (C=O) groups is 1. The van der Waals surface area contributed by atoms with Crippen molar-refractivity contribution in [2.75, 3.05) is 26.6 Å². The van der Waals surface area contributed by atoms with Gasteiger partial charge in [-0.1, -0.05) is 12.1 Å². The smallest absolute Gasteiger partial charge is 0.418 e. The van der Waals surface area contributed by atoms with Gasteiger partial charge in [0.05, 0.1) is 32.6 Å². The molecule has 0 unspecified atom stereocenters. The van der Waals surface area contributed by atoms with E-state index in [1.165, 1.54) is 51.7 Å². The van der Waals surface area contributed by atoms with Gasteiger partial charge in [-0.3, -0.25) is 4.79 Å². The van der Waals surface area contributed by atoms with Crippen LogP contribution in [-0.2, 0) is 6.18 Å². The van der Waals surface area contributed by atoms with Crippen molar-refractivity contribution >= 4 is 11.5 Å². The van der Waals surface area contributed by atoms with Crippen LogP contribution >= 0.6 is 0 Å². The van der Waals surface area contributed by atoms with Crippen LogP contribution in [0.5, 0.6) is 17.2 Å². The highest BCUT2D eigenvalue weighted by Gasteiger charge is 2.32. The molecule has 0 amide bonds. The molecular formula is C19H18F3NO4. The van der Waals surface area contributed by atoms with Gasteiger partial charge in [0.1, 0.15) is 0 Å². The number of hydrogen-bond acceptors (Lipinski definition) is 5. The Balaban J connectivity index is 2.24. The minimum atomic E-state index is -4.50. The van der Waals surface area contributed by atoms with Gasteiger partial charge in [0, 0.05) is 17.8 Å². The van der Waals surface area contributed by atoms with Crippen molar-refractivity contribution in [2.24, 2.45) is 0 Å². The second-order valence-electron chi connectivity index (χ2n) is 5.30. The molecule has 0 radical (unpaired) electrons. The lowest BCUT2D eigenvalue weighted by molar-refractivity contribution is -0.136. The summed E-state index contributed by atoms with van der Waals surface area (Å²) in [4.78, 5) is 12.4. The van der Waals surface area contributed by atoms with Crippen molar-refractivity contribution in [1.82, 2.24) is 0 Å². The van der Waals surface area contributed by atoms with Gasteiger partial charge in [0.25, 0.3) is 0 Å². The van der Waals surface area contributed by atoms with Gasteiger partial charge in [0.15, 0.2) is 17.3 Å². The minimum absolute atomic E-state index is 0.154. The molecule has 0 spiro atoms. The average Bonchev–Trinajstić information content (AvgIpc) is 2.66. The lowest BCUT2D eigenvalue weighted by atomic mass is 10.1. The number of ether oxygens (including phenoxy) is 3. The van der Waals surface area contributed by atoms with Gasteiger partial charge < -0.3 is 19.5 Å². The predicted molar refractivity (Wildman–Crippen MR) is 94.6 cm³/mol. The molecule has 0 aliphatic rings. The number of para-hydroxylation sites is 1. The first kappa shape index (κ1) is 20.2. The first-order valence-electron chi connectivity index (χ1n) is 7.75. The van der Waals surface area contributed by atoms with Gasteiger partial charge in [-0.15, -0.1) is 0 Å². The SMILES string of the molecule is COc1cc(C(=O)C=CNc2ccccc2C(F)(F)F)cc(OC)c1OC. The second-order valence-corrected chi connectivity index (χ2v) is 5.30. The van der Waals surface area contributed by atoms with Crippen LogP contribution in [0.15, 0.2) is 48.7 Å². The third-order valence-electron chi connectivity index (χ3n) is 3.66. The lowest BCUT2D eigenvalue weighted by Crippen LogP contribution is -2.08. The zero-order valence-corrected chi connectivity index (χ0v) is 14.9. The molecule has 0 bridgehead atoms. The number of carbonyl (C=O) groups excluding carboxylic acids is 1. The number of ketones is 1. The maximum absolute atomic E-state index is 13.0. The second kappa shape index (κ2) is 8.48. The molecule has 0 saturated carbocycles. The summed E-state index contributed by atoms with van der Waals surface area (Å²) < 4.78 is 54.4. The van der Waals surface area contributed by atoms with Crippen molar-refractivity contribution in [3.05, 3.63) is 59.8 Å². The first-order chi connectivity index (χ1) is 12.8. The van der Waals surface area contributed by atoms with E-state index in [9.17, 15) is 18.0 Å². The van der Waals surface area contributed by atoms with Crippen LogP contribution in [0.25, 0.3) is 0 Å². The predicted octanol–water partition coefficient (Wildman–Crippen LogP) is 4.54. The highest BCUT2D eigenvalue weighted by atomic mass is 19.4. The lowest BCUT2D eigenvalue weighted by Gasteiger charge is -2.13. The van der Waals surface area contributed by atoms with Crippen LogP contribution in [0, 0.1) is 0 Å². The zero-order valence-electron chi connectivity index (χ0n) is 14.9. The molecule has 0 aromatic heterocycles. The van der Waals surface area contributed by atoms with Crippen molar-refractivity contribution in [1.29, 1.82) is 0 Å². The number of halogens is 3. The number of nitrogens with one attached hydrogen (secondary N) is 1. The monoisotopic (exact) mass is 381 g/mol. The number of methoxy groups -OCH3 is 3. The molecule has 0 aliphatic heterocycles. The molecule has 0 saturated heterocycles. The molecule has 0 fully saturated rings. The van der Waals surface area contributed by atoms with E-state index < -0.39 is 17.5 Å². The van der Waals surface area contributed by atoms with Crippen LogP contribution < -0.4 is 19.5 Å². The van der Waals surface area contributed by atoms with Crippen molar-refractivity contribution in [3.63, 3.8) is 0 Å². The van der Waals surface area contributed by atoms with E-state index in [1.54, 1.807) is 0 Å². The average molecular weight is 381 g/mol. The molecule has 0 heterocycles. The van der Waals surface area contributed by atoms with Crippen LogP contribution in [0.4, 0.5) is 18.9 Å². The molecule has 144 valence electrons. The Morgan fingerprint density at radius 2 is 1.59 bits per heavy atom. The minimum Gasteiger partial charge on any atom is -0.493 e. The Kier molecular flexibility index (Phi) is 6.33. The van der Waals surface area contributed by atoms with Crippen molar-refractivity contribution in [2.45, 2.75) is 6.18 Å². The van der Waals surface area contributed by atoms with Gasteiger partial charge in [-0.2, -0.15) is 13.2 Å². The number of alkyl halides is 3. The summed E-state index contributed by atoms with van der Waals surface area (Å²) in [6.45, 7) is 0. The third-order valence-corrected chi connectivity index (χ3v) is 3.66. The Bertz CT molecular complexity index is 822. The van der Waals surface area contributed by atoms with E-state index in [-0.39, 0.29) is 11.3 Å². The highest BCUT2D eigenvalue weighted by Crippen LogP contribution is 2.38. The zero-order chi connectivity index (χ0) is 20.0. The molecule has 1 N–H and O–H groups in total. The summed E-state index contributed by atoms with van der Waals surface area (Å²) in [7, 11) is 4.26. The van der Waals surface area contributed by atoms with Crippen LogP contribution in [0.1, 0.15) is 15.9 Å². The topological polar surface area (TPSA) is 56.8 Å². The fourth-order valence-electron chi connectivity index (χ4n) is 2.38. The summed E-state index contributed by atoms with van der Waals surface area (Å²) in [5, 5.41) is 2.49. The van der Waals surface area contributed by atoms with E-state index in [2.05, 4.69) is 5.32 Å². The summed E-state index contributed by atoms with van der Waals surface area (Å²) in [5.74, 6) is 0.469. The highest BCUT2D eigenvalue weighted by molar-refractivity contribution is 6.05. The molecule has 2 rings (SSSR count). The fraction of sp³-hybridized carbons (Fsp3) is 0.211. The van der Waals surface area contributed by atoms with Gasteiger partial charge >= 0.3 is 6.18 Å². The maximum atomic E-state index is 13.0. The van der Waals surface area contributed by atoms with Crippen LogP contribution in [0.3, 0.4) is 0 Å². The van der Waals surface area contributed by atoms with Crippen molar-refractivity contribution < 1.29 is 32.2 Å². The van der Waals surface area contributed by atoms with E-state index in [1.807, 2.05) is 0 Å². The number of benzene rings is 2.